The Bertz CT molecular complexity index is 280. The lowest BCUT2D eigenvalue weighted by molar-refractivity contribution is -0.206. The standard InChI is InChI=1S/C11H22N2O3/c1-6-16-8-7-11(12,10(8,2)3)9(14)13(4)15-5/h8H,6-7,12H2,1-5H3. The molecule has 0 bridgehead atoms. The van der Waals surface area contributed by atoms with Crippen LogP contribution in [0.25, 0.3) is 0 Å². The molecule has 0 spiro atoms. The van der Waals surface area contributed by atoms with Crippen LogP contribution in [0.15, 0.2) is 0 Å². The van der Waals surface area contributed by atoms with Crippen LogP contribution in [0.1, 0.15) is 27.2 Å². The van der Waals surface area contributed by atoms with E-state index in [0.717, 1.165) is 0 Å². The normalized spacial score (nSPS) is 32.0. The number of hydrogen-bond donors (Lipinski definition) is 1. The van der Waals surface area contributed by atoms with Crippen molar-refractivity contribution in [3.8, 4) is 0 Å². The molecule has 0 aromatic heterocycles. The Hall–Kier alpha value is -0.650. The Morgan fingerprint density at radius 2 is 2.12 bits per heavy atom. The van der Waals surface area contributed by atoms with E-state index in [1.807, 2.05) is 20.8 Å². The number of ether oxygens (including phenoxy) is 1. The number of amides is 1. The van der Waals surface area contributed by atoms with Crippen LogP contribution in [-0.2, 0) is 14.4 Å². The molecule has 0 aromatic carbocycles. The van der Waals surface area contributed by atoms with E-state index < -0.39 is 5.54 Å². The predicted octanol–water partition coefficient (Wildman–Crippen LogP) is 0.539. The van der Waals surface area contributed by atoms with E-state index in [-0.39, 0.29) is 17.4 Å². The van der Waals surface area contributed by atoms with Gasteiger partial charge in [-0.25, -0.2) is 5.06 Å². The van der Waals surface area contributed by atoms with Gasteiger partial charge in [0, 0.05) is 25.5 Å². The average molecular weight is 230 g/mol. The van der Waals surface area contributed by atoms with E-state index in [9.17, 15) is 4.79 Å². The van der Waals surface area contributed by atoms with E-state index in [1.165, 1.54) is 12.2 Å². The van der Waals surface area contributed by atoms with Gasteiger partial charge in [0.1, 0.15) is 5.54 Å². The summed E-state index contributed by atoms with van der Waals surface area (Å²) < 4.78 is 5.56. The van der Waals surface area contributed by atoms with Crippen molar-refractivity contribution in [3.63, 3.8) is 0 Å². The Kier molecular flexibility index (Phi) is 3.62. The monoisotopic (exact) mass is 230 g/mol. The zero-order valence-electron chi connectivity index (χ0n) is 10.7. The summed E-state index contributed by atoms with van der Waals surface area (Å²) >= 11 is 0. The van der Waals surface area contributed by atoms with Gasteiger partial charge in [-0.1, -0.05) is 13.8 Å². The summed E-state index contributed by atoms with van der Waals surface area (Å²) in [5, 5.41) is 1.18. The number of carbonyl (C=O) groups excluding carboxylic acids is 1. The largest absolute Gasteiger partial charge is 0.378 e. The van der Waals surface area contributed by atoms with Crippen LogP contribution < -0.4 is 5.73 Å². The Balaban J connectivity index is 2.79. The van der Waals surface area contributed by atoms with Gasteiger partial charge in [-0.3, -0.25) is 9.63 Å². The van der Waals surface area contributed by atoms with E-state index in [4.69, 9.17) is 15.3 Å². The minimum atomic E-state index is -0.891. The molecule has 2 unspecified atom stereocenters. The highest BCUT2D eigenvalue weighted by Crippen LogP contribution is 2.50. The molecule has 0 radical (unpaired) electrons. The molecule has 1 aliphatic rings. The smallest absolute Gasteiger partial charge is 0.266 e. The van der Waals surface area contributed by atoms with Crippen molar-refractivity contribution in [1.29, 1.82) is 0 Å². The average Bonchev–Trinajstić information content (AvgIpc) is 2.26. The first-order valence-corrected chi connectivity index (χ1v) is 5.54. The molecule has 0 heterocycles. The lowest BCUT2D eigenvalue weighted by Gasteiger charge is -2.58. The van der Waals surface area contributed by atoms with Gasteiger partial charge >= 0.3 is 0 Å². The third kappa shape index (κ3) is 1.73. The molecule has 2 N–H and O–H groups in total. The number of hydrogen-bond acceptors (Lipinski definition) is 4. The van der Waals surface area contributed by atoms with Gasteiger partial charge in [-0.15, -0.1) is 0 Å². The number of rotatable bonds is 4. The molecule has 0 saturated heterocycles. The summed E-state index contributed by atoms with van der Waals surface area (Å²) in [5.74, 6) is -0.198. The van der Waals surface area contributed by atoms with Crippen LogP contribution in [-0.4, -0.2) is 43.4 Å². The molecular formula is C11H22N2O3. The van der Waals surface area contributed by atoms with Crippen LogP contribution >= 0.6 is 0 Å². The number of likely N-dealkylation sites (N-methyl/N-ethyl adjacent to an activating group) is 1. The molecule has 1 fully saturated rings. The molecule has 5 heteroatoms. The first-order valence-electron chi connectivity index (χ1n) is 5.54. The number of nitrogens with two attached hydrogens (primary N) is 1. The quantitative estimate of drug-likeness (QED) is 0.716. The lowest BCUT2D eigenvalue weighted by atomic mass is 9.54. The van der Waals surface area contributed by atoms with Crippen LogP contribution in [0.3, 0.4) is 0 Å². The topological polar surface area (TPSA) is 64.8 Å². The van der Waals surface area contributed by atoms with Crippen LogP contribution in [0, 0.1) is 5.41 Å². The molecule has 1 aliphatic carbocycles. The van der Waals surface area contributed by atoms with Crippen molar-refractivity contribution in [2.24, 2.45) is 11.1 Å². The molecule has 16 heavy (non-hydrogen) atoms. The van der Waals surface area contributed by atoms with Gasteiger partial charge in [0.15, 0.2) is 0 Å². The number of nitrogens with zero attached hydrogens (tertiary/aromatic N) is 1. The van der Waals surface area contributed by atoms with Crippen molar-refractivity contribution in [2.45, 2.75) is 38.8 Å². The first kappa shape index (κ1) is 13.4. The van der Waals surface area contributed by atoms with E-state index in [1.54, 1.807) is 7.05 Å². The molecular weight excluding hydrogens is 208 g/mol. The van der Waals surface area contributed by atoms with Crippen molar-refractivity contribution in [2.75, 3.05) is 20.8 Å². The molecule has 94 valence electrons. The highest BCUT2D eigenvalue weighted by Gasteiger charge is 2.63. The zero-order valence-corrected chi connectivity index (χ0v) is 10.7. The minimum absolute atomic E-state index is 0.0386. The second-order valence-corrected chi connectivity index (χ2v) is 4.83. The molecule has 2 atom stereocenters. The van der Waals surface area contributed by atoms with E-state index in [2.05, 4.69) is 0 Å². The summed E-state index contributed by atoms with van der Waals surface area (Å²) in [6.07, 6.45) is 0.581. The fourth-order valence-electron chi connectivity index (χ4n) is 2.16. The van der Waals surface area contributed by atoms with E-state index >= 15 is 0 Å². The lowest BCUT2D eigenvalue weighted by Crippen LogP contribution is -2.75. The first-order chi connectivity index (χ1) is 7.31. The summed E-state index contributed by atoms with van der Waals surface area (Å²) in [6.45, 7) is 6.49. The molecule has 1 saturated carbocycles. The van der Waals surface area contributed by atoms with Gasteiger partial charge in [0.2, 0.25) is 0 Å². The highest BCUT2D eigenvalue weighted by molar-refractivity contribution is 5.87. The van der Waals surface area contributed by atoms with Gasteiger partial charge in [0.05, 0.1) is 13.2 Å². The van der Waals surface area contributed by atoms with Gasteiger partial charge in [-0.05, 0) is 6.92 Å². The van der Waals surface area contributed by atoms with Crippen molar-refractivity contribution < 1.29 is 14.4 Å². The molecule has 1 rings (SSSR count). The fourth-order valence-corrected chi connectivity index (χ4v) is 2.16. The molecule has 0 aromatic rings. The predicted molar refractivity (Wildman–Crippen MR) is 60.5 cm³/mol. The van der Waals surface area contributed by atoms with Gasteiger partial charge in [-0.2, -0.15) is 0 Å². The van der Waals surface area contributed by atoms with Crippen LogP contribution in [0.2, 0.25) is 0 Å². The highest BCUT2D eigenvalue weighted by atomic mass is 16.7. The second kappa shape index (κ2) is 4.31. The molecule has 1 amide bonds. The Morgan fingerprint density at radius 3 is 2.50 bits per heavy atom. The Labute approximate surface area is 96.8 Å². The Morgan fingerprint density at radius 1 is 1.56 bits per heavy atom. The van der Waals surface area contributed by atoms with Gasteiger partial charge in [0.25, 0.3) is 5.91 Å². The summed E-state index contributed by atoms with van der Waals surface area (Å²) in [7, 11) is 3.02. The number of carbonyl (C=O) groups is 1. The van der Waals surface area contributed by atoms with Crippen molar-refractivity contribution in [3.05, 3.63) is 0 Å². The maximum Gasteiger partial charge on any atom is 0.266 e. The SMILES string of the molecule is CCOC1CC(N)(C(=O)N(C)OC)C1(C)C. The van der Waals surface area contributed by atoms with Crippen LogP contribution in [0.4, 0.5) is 0 Å². The summed E-state index contributed by atoms with van der Waals surface area (Å²) in [6, 6.07) is 0. The molecule has 0 aliphatic heterocycles. The third-order valence-electron chi connectivity index (χ3n) is 3.77. The van der Waals surface area contributed by atoms with Gasteiger partial charge < -0.3 is 10.5 Å². The zero-order chi connectivity index (χ0) is 12.6. The fraction of sp³-hybridized carbons (Fsp3) is 0.909. The minimum Gasteiger partial charge on any atom is -0.378 e. The molecule has 5 nitrogen and oxygen atoms in total. The number of hydroxylamine groups is 2. The van der Waals surface area contributed by atoms with Crippen molar-refractivity contribution in [1.82, 2.24) is 5.06 Å². The van der Waals surface area contributed by atoms with E-state index in [0.29, 0.717) is 13.0 Å². The van der Waals surface area contributed by atoms with Crippen LogP contribution in [0.5, 0.6) is 0 Å². The maximum absolute atomic E-state index is 12.1. The summed E-state index contributed by atoms with van der Waals surface area (Å²) in [5.41, 5.74) is 4.91. The second-order valence-electron chi connectivity index (χ2n) is 4.83. The van der Waals surface area contributed by atoms with Crippen molar-refractivity contribution >= 4 is 5.91 Å². The summed E-state index contributed by atoms with van der Waals surface area (Å²) in [4.78, 5) is 16.9. The third-order valence-corrected chi connectivity index (χ3v) is 3.77. The maximum atomic E-state index is 12.1.